The van der Waals surface area contributed by atoms with Gasteiger partial charge in [0.25, 0.3) is 0 Å². The molecule has 19 heavy (non-hydrogen) atoms. The van der Waals surface area contributed by atoms with Crippen molar-refractivity contribution in [1.82, 2.24) is 10.3 Å². The molecule has 0 aliphatic carbocycles. The van der Waals surface area contributed by atoms with Crippen molar-refractivity contribution in [1.29, 1.82) is 0 Å². The highest BCUT2D eigenvalue weighted by atomic mass is 32.1. The molecule has 100 valence electrons. The molecule has 2 amide bonds. The lowest BCUT2D eigenvalue weighted by Crippen LogP contribution is -2.27. The molecular weight excluding hydrogens is 272 g/mol. The number of benzene rings is 1. The van der Waals surface area contributed by atoms with Crippen LogP contribution in [0.1, 0.15) is 9.88 Å². The van der Waals surface area contributed by atoms with Crippen LogP contribution in [0.3, 0.4) is 0 Å². The molecule has 2 rings (SSSR count). The molecule has 0 fully saturated rings. The average molecular weight is 283 g/mol. The van der Waals surface area contributed by atoms with Gasteiger partial charge in [0.2, 0.25) is 0 Å². The quantitative estimate of drug-likeness (QED) is 0.909. The SMILES string of the molecule is Cc1ncc(CNC(=O)Nc2cc(F)cc(F)c2)s1. The fourth-order valence-corrected chi connectivity index (χ4v) is 2.19. The van der Waals surface area contributed by atoms with E-state index in [2.05, 4.69) is 15.6 Å². The summed E-state index contributed by atoms with van der Waals surface area (Å²) < 4.78 is 25.8. The van der Waals surface area contributed by atoms with Gasteiger partial charge in [0.1, 0.15) is 11.6 Å². The van der Waals surface area contributed by atoms with Crippen LogP contribution in [0.25, 0.3) is 0 Å². The van der Waals surface area contributed by atoms with Crippen LogP contribution in [0.2, 0.25) is 0 Å². The first-order valence-electron chi connectivity index (χ1n) is 5.45. The van der Waals surface area contributed by atoms with Crippen LogP contribution in [-0.4, -0.2) is 11.0 Å². The molecule has 0 bridgehead atoms. The number of urea groups is 1. The van der Waals surface area contributed by atoms with Gasteiger partial charge in [-0.25, -0.2) is 18.6 Å². The summed E-state index contributed by atoms with van der Waals surface area (Å²) in [7, 11) is 0. The van der Waals surface area contributed by atoms with Crippen molar-refractivity contribution in [3.63, 3.8) is 0 Å². The van der Waals surface area contributed by atoms with E-state index in [1.165, 1.54) is 11.3 Å². The number of aromatic nitrogens is 1. The summed E-state index contributed by atoms with van der Waals surface area (Å²) in [6.07, 6.45) is 1.67. The van der Waals surface area contributed by atoms with Crippen molar-refractivity contribution in [3.05, 3.63) is 45.9 Å². The van der Waals surface area contributed by atoms with Crippen molar-refractivity contribution >= 4 is 23.1 Å². The van der Waals surface area contributed by atoms with E-state index in [0.717, 1.165) is 28.1 Å². The molecule has 0 atom stereocenters. The van der Waals surface area contributed by atoms with Crippen molar-refractivity contribution in [2.75, 3.05) is 5.32 Å². The number of halogens is 2. The van der Waals surface area contributed by atoms with Crippen molar-refractivity contribution < 1.29 is 13.6 Å². The van der Waals surface area contributed by atoms with Gasteiger partial charge in [-0.15, -0.1) is 11.3 Å². The van der Waals surface area contributed by atoms with E-state index >= 15 is 0 Å². The predicted molar refractivity (Wildman–Crippen MR) is 69.1 cm³/mol. The van der Waals surface area contributed by atoms with Crippen molar-refractivity contribution in [2.45, 2.75) is 13.5 Å². The number of hydrogen-bond acceptors (Lipinski definition) is 3. The maximum Gasteiger partial charge on any atom is 0.319 e. The second kappa shape index (κ2) is 5.75. The van der Waals surface area contributed by atoms with Gasteiger partial charge < -0.3 is 10.6 Å². The van der Waals surface area contributed by atoms with E-state index in [-0.39, 0.29) is 5.69 Å². The van der Waals surface area contributed by atoms with Gasteiger partial charge in [-0.1, -0.05) is 0 Å². The molecular formula is C12H11F2N3OS. The molecule has 1 heterocycles. The Bertz CT molecular complexity index is 580. The Labute approximate surface area is 112 Å². The Kier molecular flexibility index (Phi) is 4.06. The number of anilines is 1. The molecule has 7 heteroatoms. The summed E-state index contributed by atoms with van der Waals surface area (Å²) in [5.41, 5.74) is 0.0653. The summed E-state index contributed by atoms with van der Waals surface area (Å²) in [5, 5.41) is 5.84. The largest absolute Gasteiger partial charge is 0.333 e. The zero-order valence-electron chi connectivity index (χ0n) is 10.0. The Balaban J connectivity index is 1.90. The lowest BCUT2D eigenvalue weighted by atomic mass is 10.3. The lowest BCUT2D eigenvalue weighted by Gasteiger charge is -2.06. The minimum absolute atomic E-state index is 0.0653. The first-order valence-corrected chi connectivity index (χ1v) is 6.27. The third-order valence-electron chi connectivity index (χ3n) is 2.21. The molecule has 0 saturated carbocycles. The van der Waals surface area contributed by atoms with E-state index in [0.29, 0.717) is 6.54 Å². The zero-order valence-corrected chi connectivity index (χ0v) is 10.9. The van der Waals surface area contributed by atoms with Gasteiger partial charge in [-0.2, -0.15) is 0 Å². The number of amides is 2. The highest BCUT2D eigenvalue weighted by Crippen LogP contribution is 2.13. The fraction of sp³-hybridized carbons (Fsp3) is 0.167. The third-order valence-corrected chi connectivity index (χ3v) is 3.13. The maximum atomic E-state index is 12.9. The number of rotatable bonds is 3. The minimum Gasteiger partial charge on any atom is -0.333 e. The third kappa shape index (κ3) is 3.99. The Morgan fingerprint density at radius 1 is 1.32 bits per heavy atom. The van der Waals surface area contributed by atoms with Gasteiger partial charge in [-0.05, 0) is 19.1 Å². The van der Waals surface area contributed by atoms with Gasteiger partial charge in [0, 0.05) is 22.8 Å². The molecule has 0 unspecified atom stereocenters. The van der Waals surface area contributed by atoms with Crippen LogP contribution in [-0.2, 0) is 6.54 Å². The van der Waals surface area contributed by atoms with Crippen LogP contribution in [0.5, 0.6) is 0 Å². The van der Waals surface area contributed by atoms with Gasteiger partial charge in [-0.3, -0.25) is 0 Å². The Morgan fingerprint density at radius 3 is 2.58 bits per heavy atom. The van der Waals surface area contributed by atoms with Crippen molar-refractivity contribution in [3.8, 4) is 0 Å². The molecule has 0 radical (unpaired) electrons. The summed E-state index contributed by atoms with van der Waals surface area (Å²) in [5.74, 6) is -1.48. The molecule has 2 N–H and O–H groups in total. The Hall–Kier alpha value is -2.02. The standard InChI is InChI=1S/C12H11F2N3OS/c1-7-15-5-11(19-7)6-16-12(18)17-10-3-8(13)2-9(14)4-10/h2-5H,6H2,1H3,(H2,16,17,18). The lowest BCUT2D eigenvalue weighted by molar-refractivity contribution is 0.252. The number of nitrogens with zero attached hydrogens (tertiary/aromatic N) is 1. The number of thiazole rings is 1. The minimum atomic E-state index is -0.742. The van der Waals surface area contributed by atoms with Crippen LogP contribution in [0.15, 0.2) is 24.4 Å². The highest BCUT2D eigenvalue weighted by Gasteiger charge is 2.06. The fourth-order valence-electron chi connectivity index (χ4n) is 1.46. The normalized spacial score (nSPS) is 10.3. The number of aryl methyl sites for hydroxylation is 1. The number of nitrogens with one attached hydrogen (secondary N) is 2. The monoisotopic (exact) mass is 283 g/mol. The molecule has 1 aromatic heterocycles. The second-order valence-corrected chi connectivity index (χ2v) is 5.13. The number of carbonyl (C=O) groups excluding carboxylic acids is 1. The molecule has 0 spiro atoms. The Morgan fingerprint density at radius 2 is 2.00 bits per heavy atom. The molecule has 1 aromatic carbocycles. The van der Waals surface area contributed by atoms with E-state index < -0.39 is 17.7 Å². The second-order valence-electron chi connectivity index (χ2n) is 3.81. The maximum absolute atomic E-state index is 12.9. The molecule has 0 aliphatic rings. The van der Waals surface area contributed by atoms with Crippen LogP contribution in [0, 0.1) is 18.6 Å². The van der Waals surface area contributed by atoms with E-state index in [4.69, 9.17) is 0 Å². The summed E-state index contributed by atoms with van der Waals surface area (Å²) >= 11 is 1.47. The molecule has 2 aromatic rings. The zero-order chi connectivity index (χ0) is 13.8. The van der Waals surface area contributed by atoms with E-state index in [9.17, 15) is 13.6 Å². The molecule has 0 aliphatic heterocycles. The topological polar surface area (TPSA) is 54.0 Å². The van der Waals surface area contributed by atoms with E-state index in [1.807, 2.05) is 6.92 Å². The molecule has 4 nitrogen and oxygen atoms in total. The number of hydrogen-bond donors (Lipinski definition) is 2. The van der Waals surface area contributed by atoms with Crippen LogP contribution in [0.4, 0.5) is 19.3 Å². The first kappa shape index (κ1) is 13.4. The predicted octanol–water partition coefficient (Wildman–Crippen LogP) is 3.05. The summed E-state index contributed by atoms with van der Waals surface area (Å²) in [4.78, 5) is 16.5. The van der Waals surface area contributed by atoms with Crippen molar-refractivity contribution in [2.24, 2.45) is 0 Å². The van der Waals surface area contributed by atoms with Gasteiger partial charge >= 0.3 is 6.03 Å². The first-order chi connectivity index (χ1) is 9.02. The summed E-state index contributed by atoms with van der Waals surface area (Å²) in [6, 6.07) is 2.29. The van der Waals surface area contributed by atoms with Gasteiger partial charge in [0.05, 0.1) is 11.6 Å². The molecule has 0 saturated heterocycles. The van der Waals surface area contributed by atoms with E-state index in [1.54, 1.807) is 6.20 Å². The van der Waals surface area contributed by atoms with Crippen LogP contribution < -0.4 is 10.6 Å². The summed E-state index contributed by atoms with van der Waals surface area (Å²) in [6.45, 7) is 2.18. The smallest absolute Gasteiger partial charge is 0.319 e. The van der Waals surface area contributed by atoms with Gasteiger partial charge in [0.15, 0.2) is 0 Å². The highest BCUT2D eigenvalue weighted by molar-refractivity contribution is 7.11. The average Bonchev–Trinajstić information content (AvgIpc) is 2.71. The number of carbonyl (C=O) groups is 1. The van der Waals surface area contributed by atoms with Crippen LogP contribution >= 0.6 is 11.3 Å².